The lowest BCUT2D eigenvalue weighted by Gasteiger charge is -2.11. The van der Waals surface area contributed by atoms with Crippen molar-refractivity contribution in [1.29, 1.82) is 0 Å². The Morgan fingerprint density at radius 2 is 1.77 bits per heavy atom. The van der Waals surface area contributed by atoms with Gasteiger partial charge in [0.2, 0.25) is 0 Å². The van der Waals surface area contributed by atoms with E-state index in [1.165, 1.54) is 0 Å². The first-order valence-corrected chi connectivity index (χ1v) is 9.27. The molecule has 0 aliphatic heterocycles. The number of nitrogens with one attached hydrogen (secondary N) is 1. The van der Waals surface area contributed by atoms with Crippen LogP contribution in [-0.4, -0.2) is 10.9 Å². The number of thiazole rings is 1. The minimum atomic E-state index is -0.0988. The Labute approximate surface area is 156 Å². The second kappa shape index (κ2) is 6.73. The smallest absolute Gasteiger partial charge is 0.255 e. The van der Waals surface area contributed by atoms with Crippen LogP contribution in [0.25, 0.3) is 20.8 Å². The van der Waals surface area contributed by atoms with Crippen LogP contribution >= 0.6 is 11.3 Å². The molecule has 4 heteroatoms. The molecule has 0 aliphatic carbocycles. The number of carbonyl (C=O) groups excluding carboxylic acids is 1. The summed E-state index contributed by atoms with van der Waals surface area (Å²) in [6, 6.07) is 21.7. The van der Waals surface area contributed by atoms with Gasteiger partial charge in [0.15, 0.2) is 0 Å². The van der Waals surface area contributed by atoms with Gasteiger partial charge in [-0.1, -0.05) is 42.0 Å². The van der Waals surface area contributed by atoms with Gasteiger partial charge in [0.1, 0.15) is 5.01 Å². The standard InChI is InChI=1S/C22H18N2OS/c1-14-7-5-8-16(13-14)21(25)23-18-11-6-9-17(15(18)2)22-24-19-10-3-4-12-20(19)26-22/h3-13H,1-2H3,(H,23,25). The zero-order valence-electron chi connectivity index (χ0n) is 14.6. The largest absolute Gasteiger partial charge is 0.322 e. The summed E-state index contributed by atoms with van der Waals surface area (Å²) in [5.74, 6) is -0.0988. The Bertz CT molecular complexity index is 1080. The summed E-state index contributed by atoms with van der Waals surface area (Å²) >= 11 is 1.67. The minimum absolute atomic E-state index is 0.0988. The van der Waals surface area contributed by atoms with Gasteiger partial charge in [-0.15, -0.1) is 11.3 Å². The van der Waals surface area contributed by atoms with E-state index < -0.39 is 0 Å². The number of hydrogen-bond acceptors (Lipinski definition) is 3. The molecule has 0 spiro atoms. The molecule has 0 atom stereocenters. The summed E-state index contributed by atoms with van der Waals surface area (Å²) in [5.41, 5.74) is 5.61. The van der Waals surface area contributed by atoms with E-state index in [2.05, 4.69) is 17.4 Å². The van der Waals surface area contributed by atoms with E-state index in [-0.39, 0.29) is 5.91 Å². The normalized spacial score (nSPS) is 10.8. The van der Waals surface area contributed by atoms with Crippen molar-refractivity contribution >= 4 is 33.1 Å². The van der Waals surface area contributed by atoms with Crippen LogP contribution in [0.5, 0.6) is 0 Å². The number of rotatable bonds is 3. The zero-order valence-corrected chi connectivity index (χ0v) is 15.4. The molecule has 0 bridgehead atoms. The topological polar surface area (TPSA) is 42.0 Å². The first-order chi connectivity index (χ1) is 12.6. The lowest BCUT2D eigenvalue weighted by molar-refractivity contribution is 0.102. The van der Waals surface area contributed by atoms with Crippen molar-refractivity contribution in [2.75, 3.05) is 5.32 Å². The molecule has 3 nitrogen and oxygen atoms in total. The summed E-state index contributed by atoms with van der Waals surface area (Å²) in [7, 11) is 0. The molecule has 0 saturated heterocycles. The summed E-state index contributed by atoms with van der Waals surface area (Å²) in [4.78, 5) is 17.3. The predicted octanol–water partition coefficient (Wildman–Crippen LogP) is 5.83. The highest BCUT2D eigenvalue weighted by Gasteiger charge is 2.13. The third kappa shape index (κ3) is 3.11. The van der Waals surface area contributed by atoms with E-state index in [4.69, 9.17) is 4.98 Å². The van der Waals surface area contributed by atoms with E-state index in [1.54, 1.807) is 11.3 Å². The molecule has 1 aromatic heterocycles. The average Bonchev–Trinajstić information content (AvgIpc) is 3.07. The van der Waals surface area contributed by atoms with Gasteiger partial charge in [-0.3, -0.25) is 4.79 Å². The Morgan fingerprint density at radius 1 is 0.962 bits per heavy atom. The van der Waals surface area contributed by atoms with Gasteiger partial charge in [-0.2, -0.15) is 0 Å². The van der Waals surface area contributed by atoms with Gasteiger partial charge < -0.3 is 5.32 Å². The fourth-order valence-electron chi connectivity index (χ4n) is 2.97. The minimum Gasteiger partial charge on any atom is -0.322 e. The summed E-state index contributed by atoms with van der Waals surface area (Å²) < 4.78 is 1.16. The predicted molar refractivity (Wildman–Crippen MR) is 109 cm³/mol. The van der Waals surface area contributed by atoms with Crippen LogP contribution in [0.3, 0.4) is 0 Å². The summed E-state index contributed by atoms with van der Waals surface area (Å²) in [5, 5.41) is 4.00. The van der Waals surface area contributed by atoms with Gasteiger partial charge in [-0.25, -0.2) is 4.98 Å². The average molecular weight is 358 g/mol. The number of carbonyl (C=O) groups is 1. The zero-order chi connectivity index (χ0) is 18.1. The first kappa shape index (κ1) is 16.5. The van der Waals surface area contributed by atoms with E-state index in [0.717, 1.165) is 37.6 Å². The molecule has 1 N–H and O–H groups in total. The van der Waals surface area contributed by atoms with Gasteiger partial charge >= 0.3 is 0 Å². The van der Waals surface area contributed by atoms with Crippen molar-refractivity contribution in [3.63, 3.8) is 0 Å². The second-order valence-electron chi connectivity index (χ2n) is 6.29. The van der Waals surface area contributed by atoms with Crippen LogP contribution in [-0.2, 0) is 0 Å². The second-order valence-corrected chi connectivity index (χ2v) is 7.32. The Morgan fingerprint density at radius 3 is 2.58 bits per heavy atom. The monoisotopic (exact) mass is 358 g/mol. The lowest BCUT2D eigenvalue weighted by atomic mass is 10.1. The quantitative estimate of drug-likeness (QED) is 0.500. The number of anilines is 1. The fraction of sp³-hybridized carbons (Fsp3) is 0.0909. The number of nitrogens with zero attached hydrogens (tertiary/aromatic N) is 1. The molecule has 1 heterocycles. The van der Waals surface area contributed by atoms with Crippen molar-refractivity contribution in [2.45, 2.75) is 13.8 Å². The molecule has 0 radical (unpaired) electrons. The van der Waals surface area contributed by atoms with Crippen LogP contribution in [0.2, 0.25) is 0 Å². The molecule has 3 aromatic carbocycles. The molecule has 0 unspecified atom stereocenters. The molecule has 0 aliphatic rings. The summed E-state index contributed by atoms with van der Waals surface area (Å²) in [6.07, 6.45) is 0. The van der Waals surface area contributed by atoms with E-state index >= 15 is 0 Å². The van der Waals surface area contributed by atoms with Gasteiger partial charge in [0, 0.05) is 16.8 Å². The number of hydrogen-bond donors (Lipinski definition) is 1. The summed E-state index contributed by atoms with van der Waals surface area (Å²) in [6.45, 7) is 4.00. The Hall–Kier alpha value is -2.98. The molecule has 4 aromatic rings. The first-order valence-electron chi connectivity index (χ1n) is 8.45. The Balaban J connectivity index is 1.68. The number of amides is 1. The number of aromatic nitrogens is 1. The number of benzene rings is 3. The SMILES string of the molecule is Cc1cccc(C(=O)Nc2cccc(-c3nc4ccccc4s3)c2C)c1. The van der Waals surface area contributed by atoms with Gasteiger partial charge in [0.05, 0.1) is 10.2 Å². The number of aryl methyl sites for hydroxylation is 1. The van der Waals surface area contributed by atoms with E-state index in [1.807, 2.05) is 68.4 Å². The number of fused-ring (bicyclic) bond motifs is 1. The van der Waals surface area contributed by atoms with E-state index in [9.17, 15) is 4.79 Å². The molecule has 26 heavy (non-hydrogen) atoms. The third-order valence-corrected chi connectivity index (χ3v) is 5.46. The van der Waals surface area contributed by atoms with E-state index in [0.29, 0.717) is 5.56 Å². The van der Waals surface area contributed by atoms with Gasteiger partial charge in [-0.05, 0) is 49.7 Å². The van der Waals surface area contributed by atoms with Crippen LogP contribution in [0.4, 0.5) is 5.69 Å². The van der Waals surface area contributed by atoms with Crippen molar-refractivity contribution in [3.8, 4) is 10.6 Å². The number of para-hydroxylation sites is 1. The van der Waals surface area contributed by atoms with Crippen LogP contribution in [0, 0.1) is 13.8 Å². The third-order valence-electron chi connectivity index (χ3n) is 4.39. The molecular weight excluding hydrogens is 340 g/mol. The van der Waals surface area contributed by atoms with Crippen LogP contribution < -0.4 is 5.32 Å². The molecule has 1 amide bonds. The Kier molecular flexibility index (Phi) is 4.27. The molecule has 0 saturated carbocycles. The van der Waals surface area contributed by atoms with Crippen LogP contribution in [0.1, 0.15) is 21.5 Å². The molecule has 0 fully saturated rings. The highest BCUT2D eigenvalue weighted by atomic mass is 32.1. The highest BCUT2D eigenvalue weighted by Crippen LogP contribution is 2.34. The van der Waals surface area contributed by atoms with Crippen molar-refractivity contribution < 1.29 is 4.79 Å². The maximum atomic E-state index is 12.6. The maximum absolute atomic E-state index is 12.6. The van der Waals surface area contributed by atoms with Crippen molar-refractivity contribution in [1.82, 2.24) is 4.98 Å². The lowest BCUT2D eigenvalue weighted by Crippen LogP contribution is -2.13. The molecule has 4 rings (SSSR count). The highest BCUT2D eigenvalue weighted by molar-refractivity contribution is 7.21. The molecular formula is C22H18N2OS. The van der Waals surface area contributed by atoms with Crippen molar-refractivity contribution in [3.05, 3.63) is 83.4 Å². The fourth-order valence-corrected chi connectivity index (χ4v) is 4.02. The van der Waals surface area contributed by atoms with Crippen LogP contribution in [0.15, 0.2) is 66.7 Å². The van der Waals surface area contributed by atoms with Gasteiger partial charge in [0.25, 0.3) is 5.91 Å². The molecule has 128 valence electrons. The van der Waals surface area contributed by atoms with Crippen molar-refractivity contribution in [2.24, 2.45) is 0 Å². The maximum Gasteiger partial charge on any atom is 0.255 e.